The lowest BCUT2D eigenvalue weighted by Crippen LogP contribution is -2.32. The van der Waals surface area contributed by atoms with Crippen molar-refractivity contribution >= 4 is 28.3 Å². The highest BCUT2D eigenvalue weighted by atomic mass is 35.5. The molecule has 0 saturated carbocycles. The van der Waals surface area contributed by atoms with Crippen LogP contribution in [-0.2, 0) is 0 Å². The van der Waals surface area contributed by atoms with Gasteiger partial charge in [0, 0.05) is 30.0 Å². The standard InChI is InChI=1S/C10H16ClN3S/c1-3-9-8(6-11)4-5-14(9)10-12-7(2)13-15-10/h8-9H,3-6H2,1-2H3. The van der Waals surface area contributed by atoms with E-state index in [0.717, 1.165) is 29.8 Å². The zero-order chi connectivity index (χ0) is 10.8. The molecule has 1 aromatic rings. The number of halogens is 1. The van der Waals surface area contributed by atoms with Gasteiger partial charge in [0.2, 0.25) is 5.13 Å². The summed E-state index contributed by atoms with van der Waals surface area (Å²) in [6.07, 6.45) is 2.32. The minimum absolute atomic E-state index is 0.551. The molecule has 0 N–H and O–H groups in total. The van der Waals surface area contributed by atoms with E-state index in [-0.39, 0.29) is 0 Å². The van der Waals surface area contributed by atoms with E-state index in [2.05, 4.69) is 21.2 Å². The molecular formula is C10H16ClN3S. The second-order valence-electron chi connectivity index (χ2n) is 4.00. The van der Waals surface area contributed by atoms with Gasteiger partial charge in [-0.05, 0) is 25.7 Å². The fourth-order valence-corrected chi connectivity index (χ4v) is 3.41. The van der Waals surface area contributed by atoms with Gasteiger partial charge in [0.05, 0.1) is 0 Å². The average molecular weight is 246 g/mol. The molecule has 0 amide bonds. The largest absolute Gasteiger partial charge is 0.344 e. The van der Waals surface area contributed by atoms with Crippen molar-refractivity contribution in [2.75, 3.05) is 17.3 Å². The fraction of sp³-hybridized carbons (Fsp3) is 0.800. The molecule has 2 rings (SSSR count). The van der Waals surface area contributed by atoms with E-state index in [9.17, 15) is 0 Å². The Labute approximate surface area is 99.6 Å². The third kappa shape index (κ3) is 2.11. The topological polar surface area (TPSA) is 29.0 Å². The van der Waals surface area contributed by atoms with Crippen molar-refractivity contribution in [3.63, 3.8) is 0 Å². The summed E-state index contributed by atoms with van der Waals surface area (Å²) in [5, 5.41) is 1.06. The third-order valence-electron chi connectivity index (χ3n) is 3.06. The first-order valence-electron chi connectivity index (χ1n) is 5.39. The molecule has 0 aromatic carbocycles. The van der Waals surface area contributed by atoms with Crippen LogP contribution in [0.25, 0.3) is 0 Å². The number of aryl methyl sites for hydroxylation is 1. The lowest BCUT2D eigenvalue weighted by Gasteiger charge is -2.25. The summed E-state index contributed by atoms with van der Waals surface area (Å²) in [5.41, 5.74) is 0. The summed E-state index contributed by atoms with van der Waals surface area (Å²) in [6, 6.07) is 0.551. The maximum Gasteiger partial charge on any atom is 0.205 e. The van der Waals surface area contributed by atoms with Gasteiger partial charge in [-0.1, -0.05) is 6.92 Å². The van der Waals surface area contributed by atoms with Gasteiger partial charge in [-0.15, -0.1) is 11.6 Å². The maximum atomic E-state index is 5.98. The van der Waals surface area contributed by atoms with Crippen molar-refractivity contribution in [3.8, 4) is 0 Å². The van der Waals surface area contributed by atoms with E-state index in [0.29, 0.717) is 12.0 Å². The highest BCUT2D eigenvalue weighted by Crippen LogP contribution is 2.33. The molecular weight excluding hydrogens is 230 g/mol. The lowest BCUT2D eigenvalue weighted by atomic mass is 10.0. The Morgan fingerprint density at radius 2 is 2.40 bits per heavy atom. The Bertz CT molecular complexity index is 328. The smallest absolute Gasteiger partial charge is 0.205 e. The molecule has 15 heavy (non-hydrogen) atoms. The van der Waals surface area contributed by atoms with Crippen molar-refractivity contribution in [2.45, 2.75) is 32.7 Å². The van der Waals surface area contributed by atoms with Crippen LogP contribution < -0.4 is 4.90 Å². The summed E-state index contributed by atoms with van der Waals surface area (Å²) >= 11 is 7.48. The van der Waals surface area contributed by atoms with Crippen LogP contribution in [0, 0.1) is 12.8 Å². The molecule has 3 nitrogen and oxygen atoms in total. The predicted octanol–water partition coefficient (Wildman–Crippen LogP) is 2.69. The number of rotatable bonds is 3. The van der Waals surface area contributed by atoms with Crippen molar-refractivity contribution in [3.05, 3.63) is 5.82 Å². The fourth-order valence-electron chi connectivity index (χ4n) is 2.29. The van der Waals surface area contributed by atoms with E-state index in [1.807, 2.05) is 6.92 Å². The van der Waals surface area contributed by atoms with Gasteiger partial charge in [0.25, 0.3) is 0 Å². The molecule has 0 bridgehead atoms. The molecule has 1 fully saturated rings. The minimum Gasteiger partial charge on any atom is -0.344 e. The molecule has 0 aliphatic carbocycles. The van der Waals surface area contributed by atoms with Crippen molar-refractivity contribution in [1.29, 1.82) is 0 Å². The van der Waals surface area contributed by atoms with E-state index < -0.39 is 0 Å². The third-order valence-corrected chi connectivity index (χ3v) is 4.31. The van der Waals surface area contributed by atoms with Crippen LogP contribution in [0.2, 0.25) is 0 Å². The molecule has 1 aliphatic heterocycles. The first kappa shape index (κ1) is 11.1. The van der Waals surface area contributed by atoms with Crippen LogP contribution in [0.3, 0.4) is 0 Å². The zero-order valence-corrected chi connectivity index (χ0v) is 10.7. The minimum atomic E-state index is 0.551. The summed E-state index contributed by atoms with van der Waals surface area (Å²) in [4.78, 5) is 6.82. The summed E-state index contributed by atoms with van der Waals surface area (Å²) in [6.45, 7) is 5.23. The van der Waals surface area contributed by atoms with Gasteiger partial charge < -0.3 is 4.90 Å². The Kier molecular flexibility index (Phi) is 3.46. The molecule has 2 heterocycles. The molecule has 1 aromatic heterocycles. The number of hydrogen-bond acceptors (Lipinski definition) is 4. The van der Waals surface area contributed by atoms with Gasteiger partial charge in [0.15, 0.2) is 0 Å². The molecule has 1 saturated heterocycles. The molecule has 1 aliphatic rings. The average Bonchev–Trinajstić information content (AvgIpc) is 2.82. The number of hydrogen-bond donors (Lipinski definition) is 0. The van der Waals surface area contributed by atoms with Crippen LogP contribution in [0.15, 0.2) is 0 Å². The van der Waals surface area contributed by atoms with Gasteiger partial charge in [-0.3, -0.25) is 0 Å². The van der Waals surface area contributed by atoms with E-state index >= 15 is 0 Å². The van der Waals surface area contributed by atoms with Crippen LogP contribution in [0.5, 0.6) is 0 Å². The van der Waals surface area contributed by atoms with Crippen LogP contribution in [-0.4, -0.2) is 27.8 Å². The van der Waals surface area contributed by atoms with Crippen LogP contribution in [0.4, 0.5) is 5.13 Å². The number of nitrogens with zero attached hydrogens (tertiary/aromatic N) is 3. The Hall–Kier alpha value is -0.350. The molecule has 2 atom stereocenters. The highest BCUT2D eigenvalue weighted by molar-refractivity contribution is 7.09. The summed E-state index contributed by atoms with van der Waals surface area (Å²) in [7, 11) is 0. The Morgan fingerprint density at radius 1 is 1.60 bits per heavy atom. The predicted molar refractivity (Wildman–Crippen MR) is 64.9 cm³/mol. The number of anilines is 1. The first-order valence-corrected chi connectivity index (χ1v) is 6.70. The van der Waals surface area contributed by atoms with E-state index in [4.69, 9.17) is 11.6 Å². The lowest BCUT2D eigenvalue weighted by molar-refractivity contribution is 0.504. The Morgan fingerprint density at radius 3 is 2.93 bits per heavy atom. The van der Waals surface area contributed by atoms with Crippen LogP contribution >= 0.6 is 23.1 Å². The van der Waals surface area contributed by atoms with Crippen LogP contribution in [0.1, 0.15) is 25.6 Å². The first-order chi connectivity index (χ1) is 7.26. The van der Waals surface area contributed by atoms with Crippen molar-refractivity contribution < 1.29 is 0 Å². The van der Waals surface area contributed by atoms with Gasteiger partial charge >= 0.3 is 0 Å². The van der Waals surface area contributed by atoms with Gasteiger partial charge in [-0.25, -0.2) is 4.98 Å². The zero-order valence-electron chi connectivity index (χ0n) is 9.11. The summed E-state index contributed by atoms with van der Waals surface area (Å²) in [5.74, 6) is 2.24. The van der Waals surface area contributed by atoms with Gasteiger partial charge in [0.1, 0.15) is 5.82 Å². The van der Waals surface area contributed by atoms with Crippen molar-refractivity contribution in [1.82, 2.24) is 9.36 Å². The molecule has 5 heteroatoms. The molecule has 2 unspecified atom stereocenters. The highest BCUT2D eigenvalue weighted by Gasteiger charge is 2.33. The molecule has 84 valence electrons. The van der Waals surface area contributed by atoms with Gasteiger partial charge in [-0.2, -0.15) is 4.37 Å². The monoisotopic (exact) mass is 245 g/mol. The van der Waals surface area contributed by atoms with E-state index in [1.165, 1.54) is 18.0 Å². The Balaban J connectivity index is 2.16. The normalized spacial score (nSPS) is 26.2. The number of aromatic nitrogens is 2. The molecule has 0 spiro atoms. The summed E-state index contributed by atoms with van der Waals surface area (Å²) < 4.78 is 4.24. The molecule has 0 radical (unpaired) electrons. The van der Waals surface area contributed by atoms with E-state index in [1.54, 1.807) is 0 Å². The number of alkyl halides is 1. The quantitative estimate of drug-likeness (QED) is 0.767. The second kappa shape index (κ2) is 4.66. The van der Waals surface area contributed by atoms with Crippen molar-refractivity contribution in [2.24, 2.45) is 5.92 Å². The second-order valence-corrected chi connectivity index (χ2v) is 5.04. The maximum absolute atomic E-state index is 5.98. The SMILES string of the molecule is CCC1C(CCl)CCN1c1nc(C)ns1.